The van der Waals surface area contributed by atoms with E-state index in [4.69, 9.17) is 5.21 Å². The van der Waals surface area contributed by atoms with E-state index in [0.717, 1.165) is 13.8 Å². The van der Waals surface area contributed by atoms with Crippen molar-refractivity contribution in [3.05, 3.63) is 41.2 Å². The minimum absolute atomic E-state index is 0.0172. The van der Waals surface area contributed by atoms with Crippen LogP contribution in [0.5, 0.6) is 0 Å². The summed E-state index contributed by atoms with van der Waals surface area (Å²) in [5.41, 5.74) is -0.762. The Hall–Kier alpha value is -4.36. The first kappa shape index (κ1) is 23.9. The predicted octanol–water partition coefficient (Wildman–Crippen LogP) is -0.633. The fourth-order valence-corrected chi connectivity index (χ4v) is 2.51. The third-order valence-corrected chi connectivity index (χ3v) is 4.08. The van der Waals surface area contributed by atoms with Gasteiger partial charge in [0.15, 0.2) is 0 Å². The largest absolute Gasteiger partial charge is 0.343 e. The maximum absolute atomic E-state index is 13.7. The van der Waals surface area contributed by atoms with Gasteiger partial charge < -0.3 is 10.6 Å². The lowest BCUT2D eigenvalue weighted by Crippen LogP contribution is -2.68. The number of alkyl halides is 2. The van der Waals surface area contributed by atoms with Crippen LogP contribution in [0.3, 0.4) is 0 Å². The lowest BCUT2D eigenvalue weighted by molar-refractivity contribution is -0.137. The van der Waals surface area contributed by atoms with E-state index in [1.54, 1.807) is 0 Å². The molecule has 32 heavy (non-hydrogen) atoms. The number of hydrogen-bond acceptors (Lipinski definition) is 7. The molecule has 13 heteroatoms. The molecule has 0 bridgehead atoms. The van der Waals surface area contributed by atoms with Crippen molar-refractivity contribution in [2.75, 3.05) is 0 Å². The van der Waals surface area contributed by atoms with Gasteiger partial charge in [-0.15, -0.1) is 5.10 Å². The molecule has 0 aliphatic rings. The van der Waals surface area contributed by atoms with Crippen molar-refractivity contribution in [3.8, 4) is 23.7 Å². The predicted molar refractivity (Wildman–Crippen MR) is 104 cm³/mol. The highest BCUT2D eigenvalue weighted by Gasteiger charge is 2.48. The minimum atomic E-state index is -3.25. The number of aromatic nitrogens is 4. The van der Waals surface area contributed by atoms with Gasteiger partial charge in [0.2, 0.25) is 11.7 Å². The molecule has 0 saturated carbocycles. The van der Waals surface area contributed by atoms with Crippen molar-refractivity contribution in [2.24, 2.45) is 0 Å². The highest BCUT2D eigenvalue weighted by atomic mass is 19.3. The number of hydrogen-bond donors (Lipinski definition) is 5. The molecule has 11 nitrogen and oxygen atoms in total. The summed E-state index contributed by atoms with van der Waals surface area (Å²) in [6.07, 6.45) is -3.25. The van der Waals surface area contributed by atoms with Crippen molar-refractivity contribution >= 4 is 17.7 Å². The molecule has 2 unspecified atom stereocenters. The van der Waals surface area contributed by atoms with E-state index in [-0.39, 0.29) is 11.4 Å². The Morgan fingerprint density at radius 2 is 1.81 bits per heavy atom. The molecule has 2 rings (SSSR count). The van der Waals surface area contributed by atoms with E-state index < -0.39 is 35.7 Å². The van der Waals surface area contributed by atoms with E-state index in [1.807, 2.05) is 5.32 Å². The molecule has 0 radical (unpaired) electrons. The molecule has 2 atom stereocenters. The summed E-state index contributed by atoms with van der Waals surface area (Å²) >= 11 is 0. The molecule has 0 spiro atoms. The standard InChI is InChI=1S/C19H17F2N7O4/c1-11(29)23-19(2,18(20)21)15(17(31)26-32)22-16(30)13-9-7-12(8-10-13)5-3-4-6-14-24-27-28-25-14/h7-10,15,18,32H,1-2H3,(H,22,30)(H,23,29)(H,26,31)(H,24,25,27,28). The molecular formula is C19H17F2N7O4. The van der Waals surface area contributed by atoms with Crippen LogP contribution in [-0.2, 0) is 9.59 Å². The highest BCUT2D eigenvalue weighted by molar-refractivity contribution is 5.98. The zero-order valence-electron chi connectivity index (χ0n) is 16.7. The van der Waals surface area contributed by atoms with Crippen molar-refractivity contribution in [3.63, 3.8) is 0 Å². The number of aromatic amines is 1. The molecule has 166 valence electrons. The fourth-order valence-electron chi connectivity index (χ4n) is 2.51. The number of nitrogens with zero attached hydrogens (tertiary/aromatic N) is 3. The zero-order valence-corrected chi connectivity index (χ0v) is 16.7. The summed E-state index contributed by atoms with van der Waals surface area (Å²) in [6, 6.07) is 3.65. The smallest absolute Gasteiger partial charge is 0.268 e. The van der Waals surface area contributed by atoms with Crippen LogP contribution in [0, 0.1) is 23.7 Å². The number of benzene rings is 1. The van der Waals surface area contributed by atoms with Crippen LogP contribution in [0.2, 0.25) is 0 Å². The van der Waals surface area contributed by atoms with Gasteiger partial charge in [-0.25, -0.2) is 14.3 Å². The molecule has 1 aromatic carbocycles. The monoisotopic (exact) mass is 445 g/mol. The summed E-state index contributed by atoms with van der Waals surface area (Å²) in [6.45, 7) is 1.84. The van der Waals surface area contributed by atoms with E-state index in [2.05, 4.69) is 49.6 Å². The molecule has 1 heterocycles. The van der Waals surface area contributed by atoms with Crippen LogP contribution in [0.4, 0.5) is 8.78 Å². The first-order valence-electron chi connectivity index (χ1n) is 8.84. The maximum atomic E-state index is 13.7. The van der Waals surface area contributed by atoms with Gasteiger partial charge in [-0.05, 0) is 54.2 Å². The highest BCUT2D eigenvalue weighted by Crippen LogP contribution is 2.21. The molecule has 0 aliphatic carbocycles. The zero-order chi connectivity index (χ0) is 23.7. The first-order valence-corrected chi connectivity index (χ1v) is 8.84. The SMILES string of the molecule is CC(=O)NC(C)(C(F)F)C(NC(=O)c1ccc(C#CC#Cc2nn[nH]n2)cc1)C(=O)NO. The lowest BCUT2D eigenvalue weighted by Gasteiger charge is -2.36. The van der Waals surface area contributed by atoms with E-state index in [0.29, 0.717) is 5.56 Å². The normalized spacial score (nSPS) is 12.8. The van der Waals surface area contributed by atoms with Gasteiger partial charge in [0.25, 0.3) is 18.2 Å². The Balaban J connectivity index is 2.18. The second-order valence-electron chi connectivity index (χ2n) is 6.46. The van der Waals surface area contributed by atoms with Gasteiger partial charge >= 0.3 is 0 Å². The number of carbonyl (C=O) groups excluding carboxylic acids is 3. The number of H-pyrrole nitrogens is 1. The number of halogens is 2. The molecule has 3 amide bonds. The Labute approximate surface area is 180 Å². The number of nitrogens with one attached hydrogen (secondary N) is 4. The van der Waals surface area contributed by atoms with Gasteiger partial charge in [-0.3, -0.25) is 19.6 Å². The number of amides is 3. The third-order valence-electron chi connectivity index (χ3n) is 4.08. The summed E-state index contributed by atoms with van der Waals surface area (Å²) in [5.74, 6) is 7.41. The Bertz CT molecular complexity index is 1100. The summed E-state index contributed by atoms with van der Waals surface area (Å²) < 4.78 is 27.3. The van der Waals surface area contributed by atoms with Gasteiger partial charge in [-0.2, -0.15) is 5.21 Å². The number of rotatable bonds is 6. The Morgan fingerprint density at radius 1 is 1.16 bits per heavy atom. The molecule has 5 N–H and O–H groups in total. The second kappa shape index (κ2) is 10.6. The Morgan fingerprint density at radius 3 is 2.34 bits per heavy atom. The van der Waals surface area contributed by atoms with E-state index >= 15 is 0 Å². The van der Waals surface area contributed by atoms with Crippen molar-refractivity contribution in [1.82, 2.24) is 36.7 Å². The van der Waals surface area contributed by atoms with E-state index in [9.17, 15) is 23.2 Å². The molecule has 2 aromatic rings. The van der Waals surface area contributed by atoms with Crippen LogP contribution < -0.4 is 16.1 Å². The average molecular weight is 445 g/mol. The van der Waals surface area contributed by atoms with Crippen molar-refractivity contribution in [1.29, 1.82) is 0 Å². The quantitative estimate of drug-likeness (QED) is 0.225. The molecule has 1 aromatic heterocycles. The summed E-state index contributed by atoms with van der Waals surface area (Å²) in [7, 11) is 0. The average Bonchev–Trinajstić information content (AvgIpc) is 3.27. The van der Waals surface area contributed by atoms with Gasteiger partial charge in [0.1, 0.15) is 11.6 Å². The maximum Gasteiger partial charge on any atom is 0.268 e. The van der Waals surface area contributed by atoms with E-state index in [1.165, 1.54) is 29.7 Å². The molecule has 0 saturated heterocycles. The Kier molecular flexibility index (Phi) is 7.92. The van der Waals surface area contributed by atoms with Gasteiger partial charge in [-0.1, -0.05) is 11.0 Å². The molecule has 0 fully saturated rings. The molecule has 0 aliphatic heterocycles. The number of tetrazole rings is 1. The number of hydroxylamine groups is 1. The third kappa shape index (κ3) is 6.07. The fraction of sp³-hybridized carbons (Fsp3) is 0.263. The van der Waals surface area contributed by atoms with Crippen molar-refractivity contribution in [2.45, 2.75) is 31.9 Å². The first-order chi connectivity index (χ1) is 15.2. The lowest BCUT2D eigenvalue weighted by atomic mass is 9.91. The second-order valence-corrected chi connectivity index (χ2v) is 6.46. The van der Waals surface area contributed by atoms with Crippen LogP contribution in [0.1, 0.15) is 35.6 Å². The van der Waals surface area contributed by atoms with Crippen LogP contribution in [0.15, 0.2) is 24.3 Å². The van der Waals surface area contributed by atoms with Crippen molar-refractivity contribution < 1.29 is 28.4 Å². The van der Waals surface area contributed by atoms with Crippen LogP contribution >= 0.6 is 0 Å². The minimum Gasteiger partial charge on any atom is -0.343 e. The van der Waals surface area contributed by atoms with Gasteiger partial charge in [0.05, 0.1) is 0 Å². The number of carbonyl (C=O) groups is 3. The van der Waals surface area contributed by atoms with Crippen LogP contribution in [0.25, 0.3) is 0 Å². The van der Waals surface area contributed by atoms with Gasteiger partial charge in [0, 0.05) is 18.1 Å². The molecular weight excluding hydrogens is 428 g/mol. The topological polar surface area (TPSA) is 162 Å². The summed E-state index contributed by atoms with van der Waals surface area (Å²) in [5, 5.41) is 25.8. The van der Waals surface area contributed by atoms with Crippen LogP contribution in [-0.4, -0.2) is 61.6 Å². The summed E-state index contributed by atoms with van der Waals surface area (Å²) in [4.78, 5) is 35.9.